The Kier molecular flexibility index (Phi) is 5.88. The van der Waals surface area contributed by atoms with E-state index in [-0.39, 0.29) is 11.6 Å². The summed E-state index contributed by atoms with van der Waals surface area (Å²) < 4.78 is 4.67. The fourth-order valence-corrected chi connectivity index (χ4v) is 4.42. The Hall–Kier alpha value is -5.06. The molecule has 0 bridgehead atoms. The SMILES string of the molecule is CCn1c(-c2ncc(-n3c(C)nn(C)c3=O)cn2)cc2cccc(C(=O)Nc3cccc(C(N)=O)c3)c21. The lowest BCUT2D eigenvalue weighted by molar-refractivity contribution is 0.0996. The molecule has 37 heavy (non-hydrogen) atoms. The lowest BCUT2D eigenvalue weighted by atomic mass is 10.1. The summed E-state index contributed by atoms with van der Waals surface area (Å²) in [6.45, 7) is 4.27. The maximum absolute atomic E-state index is 13.3. The second-order valence-corrected chi connectivity index (χ2v) is 8.47. The molecule has 0 unspecified atom stereocenters. The number of carbonyl (C=O) groups excluding carboxylic acids is 2. The largest absolute Gasteiger partial charge is 0.366 e. The molecule has 11 heteroatoms. The van der Waals surface area contributed by atoms with Crippen LogP contribution in [0.25, 0.3) is 28.1 Å². The average molecular weight is 497 g/mol. The summed E-state index contributed by atoms with van der Waals surface area (Å²) in [6.07, 6.45) is 3.16. The molecule has 0 spiro atoms. The molecule has 186 valence electrons. The predicted molar refractivity (Wildman–Crippen MR) is 139 cm³/mol. The molecule has 0 saturated carbocycles. The van der Waals surface area contributed by atoms with Gasteiger partial charge in [-0.05, 0) is 44.2 Å². The van der Waals surface area contributed by atoms with Crippen LogP contribution < -0.4 is 16.7 Å². The van der Waals surface area contributed by atoms with Crippen LogP contribution in [-0.4, -0.2) is 40.7 Å². The van der Waals surface area contributed by atoms with Gasteiger partial charge in [-0.1, -0.05) is 18.2 Å². The molecule has 3 N–H and O–H groups in total. The molecule has 5 aromatic rings. The molecule has 5 rings (SSSR count). The number of fused-ring (bicyclic) bond motifs is 1. The molecule has 0 radical (unpaired) electrons. The second kappa shape index (κ2) is 9.19. The van der Waals surface area contributed by atoms with Crippen LogP contribution in [0.1, 0.15) is 33.5 Å². The van der Waals surface area contributed by atoms with Crippen molar-refractivity contribution in [1.82, 2.24) is 28.9 Å². The van der Waals surface area contributed by atoms with Crippen LogP contribution in [0, 0.1) is 6.92 Å². The van der Waals surface area contributed by atoms with Gasteiger partial charge in [0.05, 0.1) is 34.9 Å². The lowest BCUT2D eigenvalue weighted by Crippen LogP contribution is -2.22. The smallest absolute Gasteiger partial charge is 0.350 e. The van der Waals surface area contributed by atoms with E-state index in [1.54, 1.807) is 50.6 Å². The summed E-state index contributed by atoms with van der Waals surface area (Å²) in [5, 5.41) is 7.84. The van der Waals surface area contributed by atoms with E-state index < -0.39 is 5.91 Å². The minimum Gasteiger partial charge on any atom is -0.366 e. The number of aryl methyl sites for hydroxylation is 3. The highest BCUT2D eigenvalue weighted by atomic mass is 16.2. The minimum absolute atomic E-state index is 0.284. The monoisotopic (exact) mass is 496 g/mol. The van der Waals surface area contributed by atoms with Crippen molar-refractivity contribution < 1.29 is 9.59 Å². The van der Waals surface area contributed by atoms with E-state index in [1.807, 2.05) is 29.7 Å². The van der Waals surface area contributed by atoms with E-state index in [0.717, 1.165) is 16.6 Å². The maximum Gasteiger partial charge on any atom is 0.350 e. The van der Waals surface area contributed by atoms with E-state index in [1.165, 1.54) is 15.3 Å². The van der Waals surface area contributed by atoms with Crippen molar-refractivity contribution in [2.75, 3.05) is 5.32 Å². The fourth-order valence-electron chi connectivity index (χ4n) is 4.42. The Balaban J connectivity index is 1.54. The third kappa shape index (κ3) is 4.16. The van der Waals surface area contributed by atoms with Crippen LogP contribution in [0.5, 0.6) is 0 Å². The number of para-hydroxylation sites is 1. The van der Waals surface area contributed by atoms with Gasteiger partial charge in [-0.3, -0.25) is 9.59 Å². The van der Waals surface area contributed by atoms with Crippen LogP contribution >= 0.6 is 0 Å². The summed E-state index contributed by atoms with van der Waals surface area (Å²) in [4.78, 5) is 46.2. The molecule has 2 aromatic carbocycles. The first-order chi connectivity index (χ1) is 17.8. The summed E-state index contributed by atoms with van der Waals surface area (Å²) in [6, 6.07) is 13.9. The molecular formula is C26H24N8O3. The van der Waals surface area contributed by atoms with Gasteiger partial charge in [-0.15, -0.1) is 0 Å². The highest BCUT2D eigenvalue weighted by Crippen LogP contribution is 2.29. The zero-order chi connectivity index (χ0) is 26.3. The molecule has 2 amide bonds. The average Bonchev–Trinajstić information content (AvgIpc) is 3.39. The predicted octanol–water partition coefficient (Wildman–Crippen LogP) is 2.66. The summed E-state index contributed by atoms with van der Waals surface area (Å²) in [7, 11) is 1.59. The van der Waals surface area contributed by atoms with Gasteiger partial charge in [0.2, 0.25) is 5.91 Å². The number of aromatic nitrogens is 6. The van der Waals surface area contributed by atoms with Gasteiger partial charge >= 0.3 is 5.69 Å². The number of rotatable bonds is 6. The van der Waals surface area contributed by atoms with Gasteiger partial charge < -0.3 is 15.6 Å². The Bertz CT molecular complexity index is 1730. The van der Waals surface area contributed by atoms with E-state index in [9.17, 15) is 14.4 Å². The van der Waals surface area contributed by atoms with Gasteiger partial charge in [-0.25, -0.2) is 24.0 Å². The van der Waals surface area contributed by atoms with Crippen molar-refractivity contribution >= 4 is 28.4 Å². The number of anilines is 1. The van der Waals surface area contributed by atoms with Gasteiger partial charge in [0.25, 0.3) is 5.91 Å². The highest BCUT2D eigenvalue weighted by Gasteiger charge is 2.19. The van der Waals surface area contributed by atoms with Crippen molar-refractivity contribution in [3.63, 3.8) is 0 Å². The third-order valence-corrected chi connectivity index (χ3v) is 6.10. The summed E-state index contributed by atoms with van der Waals surface area (Å²) >= 11 is 0. The molecule has 0 fully saturated rings. The Morgan fingerprint density at radius 1 is 1.05 bits per heavy atom. The quantitative estimate of drug-likeness (QED) is 0.370. The number of nitrogens with one attached hydrogen (secondary N) is 1. The number of benzene rings is 2. The van der Waals surface area contributed by atoms with Gasteiger partial charge in [0.1, 0.15) is 5.82 Å². The first-order valence-corrected chi connectivity index (χ1v) is 11.6. The topological polar surface area (TPSA) is 143 Å². The molecule has 0 aliphatic heterocycles. The van der Waals surface area contributed by atoms with Crippen LogP contribution in [0.2, 0.25) is 0 Å². The fraction of sp³-hybridized carbons (Fsp3) is 0.154. The minimum atomic E-state index is -0.572. The zero-order valence-corrected chi connectivity index (χ0v) is 20.5. The standard InChI is InChI=1S/C26H24N8O3/c1-4-33-21(24-28-13-19(14-29-24)34-15(2)31-32(3)26(34)37)12-16-7-6-10-20(22(16)33)25(36)30-18-9-5-8-17(11-18)23(27)35/h5-14H,4H2,1-3H3,(H2,27,35)(H,30,36). The van der Waals surface area contributed by atoms with E-state index in [2.05, 4.69) is 20.4 Å². The van der Waals surface area contributed by atoms with E-state index in [4.69, 9.17) is 5.73 Å². The number of primary amides is 1. The maximum atomic E-state index is 13.3. The van der Waals surface area contributed by atoms with Crippen LogP contribution in [-0.2, 0) is 13.6 Å². The van der Waals surface area contributed by atoms with Crippen molar-refractivity contribution in [2.24, 2.45) is 12.8 Å². The normalized spacial score (nSPS) is 11.1. The zero-order valence-electron chi connectivity index (χ0n) is 20.5. The molecule has 3 heterocycles. The van der Waals surface area contributed by atoms with Crippen molar-refractivity contribution in [3.8, 4) is 17.2 Å². The number of nitrogens with zero attached hydrogens (tertiary/aromatic N) is 6. The molecule has 11 nitrogen and oxygen atoms in total. The first-order valence-electron chi connectivity index (χ1n) is 11.6. The van der Waals surface area contributed by atoms with E-state index >= 15 is 0 Å². The molecule has 0 saturated heterocycles. The van der Waals surface area contributed by atoms with Crippen molar-refractivity contribution in [1.29, 1.82) is 0 Å². The molecule has 0 aliphatic rings. The lowest BCUT2D eigenvalue weighted by Gasteiger charge is -2.12. The molecule has 0 aliphatic carbocycles. The van der Waals surface area contributed by atoms with Crippen LogP contribution in [0.4, 0.5) is 5.69 Å². The summed E-state index contributed by atoms with van der Waals surface area (Å²) in [5.74, 6) is 0.0898. The van der Waals surface area contributed by atoms with Gasteiger partial charge in [-0.2, -0.15) is 5.10 Å². The summed E-state index contributed by atoms with van der Waals surface area (Å²) in [5.41, 5.74) is 8.29. The van der Waals surface area contributed by atoms with Gasteiger partial charge in [0.15, 0.2) is 5.82 Å². The van der Waals surface area contributed by atoms with Crippen molar-refractivity contribution in [2.45, 2.75) is 20.4 Å². The molecular weight excluding hydrogens is 472 g/mol. The van der Waals surface area contributed by atoms with Crippen LogP contribution in [0.15, 0.2) is 65.7 Å². The Morgan fingerprint density at radius 2 is 1.78 bits per heavy atom. The number of carbonyl (C=O) groups is 2. The number of amides is 2. The first kappa shape index (κ1) is 23.7. The van der Waals surface area contributed by atoms with Crippen molar-refractivity contribution in [3.05, 3.63) is 88.4 Å². The Labute approximate surface area is 211 Å². The third-order valence-electron chi connectivity index (χ3n) is 6.10. The molecule has 3 aromatic heterocycles. The number of hydrogen-bond acceptors (Lipinski definition) is 6. The van der Waals surface area contributed by atoms with E-state index in [0.29, 0.717) is 40.7 Å². The number of hydrogen-bond donors (Lipinski definition) is 2. The van der Waals surface area contributed by atoms with Crippen LogP contribution in [0.3, 0.4) is 0 Å². The number of nitrogens with two attached hydrogens (primary N) is 1. The Morgan fingerprint density at radius 3 is 2.43 bits per heavy atom. The molecule has 0 atom stereocenters. The second-order valence-electron chi connectivity index (χ2n) is 8.47. The highest BCUT2D eigenvalue weighted by molar-refractivity contribution is 6.13. The van der Waals surface area contributed by atoms with Gasteiger partial charge in [0, 0.05) is 30.2 Å².